The zero-order valence-electron chi connectivity index (χ0n) is 70.0. The molecule has 2 amide bonds. The van der Waals surface area contributed by atoms with E-state index in [0.717, 1.165) is 101 Å². The van der Waals surface area contributed by atoms with Crippen molar-refractivity contribution in [1.82, 2.24) is 10.6 Å². The van der Waals surface area contributed by atoms with Gasteiger partial charge in [-0.05, 0) is 100.0 Å². The summed E-state index contributed by atoms with van der Waals surface area (Å²) in [6, 6.07) is 6.65. The number of unbranched alkanes of at least 4 members (excludes halogenated alkanes) is 40. The van der Waals surface area contributed by atoms with Gasteiger partial charge in [-0.3, -0.25) is 28.8 Å². The first-order chi connectivity index (χ1) is 51.4. The Bertz CT molecular complexity index is 2290. The molecule has 0 aliphatic heterocycles. The fourth-order valence-corrected chi connectivity index (χ4v) is 15.3. The van der Waals surface area contributed by atoms with Crippen molar-refractivity contribution in [3.05, 3.63) is 54.4 Å². The van der Waals surface area contributed by atoms with E-state index in [1.807, 2.05) is 6.79 Å². The second kappa shape index (κ2) is 73.2. The average Bonchev–Trinajstić information content (AvgIpc) is 0.849. The molecule has 1 aromatic rings. The highest BCUT2D eigenvalue weighted by Crippen LogP contribution is 2.36. The smallest absolute Gasteiger partial charge is 0.305 e. The number of hydrogen-bond donors (Lipinski definition) is 3. The SMILES string of the molecule is C=C(NC(=O)CCCCCCCCC(CCCCCCCC)C(CCCCCCCC)CCCCCCCCC(=O)OCCOc1ccc(C(=O)C(C)(C)O)cc1)NC(=O)CCCCCCCCC(CCCCCCCC)C(CCCCCCCC)CCCCCCCCC(=O)OCCC(=O)C(=C)C.C=O. The van der Waals surface area contributed by atoms with Crippen molar-refractivity contribution in [3.63, 3.8) is 0 Å². The van der Waals surface area contributed by atoms with Crippen LogP contribution < -0.4 is 15.4 Å². The second-order valence-corrected chi connectivity index (χ2v) is 32.1. The van der Waals surface area contributed by atoms with Crippen LogP contribution >= 0.6 is 0 Å². The molecule has 0 aliphatic carbocycles. The number of hydrogen-bond acceptors (Lipinski definition) is 11. The maximum Gasteiger partial charge on any atom is 0.305 e. The summed E-state index contributed by atoms with van der Waals surface area (Å²) in [5.41, 5.74) is -0.504. The van der Waals surface area contributed by atoms with Crippen molar-refractivity contribution >= 4 is 42.1 Å². The lowest BCUT2D eigenvalue weighted by molar-refractivity contribution is -0.145. The zero-order chi connectivity index (χ0) is 78.2. The Morgan fingerprint density at radius 2 is 0.613 bits per heavy atom. The number of esters is 2. The number of ketones is 2. The van der Waals surface area contributed by atoms with Gasteiger partial charge in [-0.25, -0.2) is 0 Å². The Kier molecular flexibility index (Phi) is 70.0. The molecule has 13 heteroatoms. The quantitative estimate of drug-likeness (QED) is 0.0243. The average molecular weight is 1490 g/mol. The molecule has 0 radical (unpaired) electrons. The normalized spacial score (nSPS) is 12.5. The Labute approximate surface area is 651 Å². The van der Waals surface area contributed by atoms with Crippen molar-refractivity contribution in [2.75, 3.05) is 19.8 Å². The molecule has 0 aliphatic rings. The van der Waals surface area contributed by atoms with Crippen LogP contribution in [0.2, 0.25) is 0 Å². The fourth-order valence-electron chi connectivity index (χ4n) is 15.3. The van der Waals surface area contributed by atoms with Gasteiger partial charge in [0.15, 0.2) is 11.6 Å². The molecule has 0 saturated heterocycles. The molecular weight excluding hydrogens is 1320 g/mol. The summed E-state index contributed by atoms with van der Waals surface area (Å²) in [6.07, 6.45) is 72.6. The van der Waals surface area contributed by atoms with Gasteiger partial charge in [0.25, 0.3) is 0 Å². The molecule has 1 rings (SSSR count). The molecule has 0 bridgehead atoms. The summed E-state index contributed by atoms with van der Waals surface area (Å²) >= 11 is 0. The molecule has 0 fully saturated rings. The van der Waals surface area contributed by atoms with E-state index in [-0.39, 0.29) is 61.6 Å². The number of allylic oxidation sites excluding steroid dienone is 1. The number of rotatable bonds is 78. The molecule has 1 aromatic carbocycles. The van der Waals surface area contributed by atoms with Crippen LogP contribution in [0, 0.1) is 23.7 Å². The van der Waals surface area contributed by atoms with E-state index in [2.05, 4.69) is 51.5 Å². The lowest BCUT2D eigenvalue weighted by atomic mass is 9.78. The number of carbonyl (C=O) groups excluding carboxylic acids is 7. The van der Waals surface area contributed by atoms with E-state index < -0.39 is 5.60 Å². The van der Waals surface area contributed by atoms with Gasteiger partial charge < -0.3 is 34.7 Å². The van der Waals surface area contributed by atoms with E-state index in [9.17, 15) is 33.9 Å². The highest BCUT2D eigenvalue weighted by atomic mass is 16.6. The largest absolute Gasteiger partial charge is 0.490 e. The predicted molar refractivity (Wildman–Crippen MR) is 445 cm³/mol. The lowest BCUT2D eigenvalue weighted by Gasteiger charge is -2.28. The highest BCUT2D eigenvalue weighted by molar-refractivity contribution is 6.01. The van der Waals surface area contributed by atoms with Gasteiger partial charge in [-0.2, -0.15) is 0 Å². The summed E-state index contributed by atoms with van der Waals surface area (Å²) in [4.78, 5) is 82.6. The summed E-state index contributed by atoms with van der Waals surface area (Å²) in [6.45, 7) is 24.1. The third-order valence-corrected chi connectivity index (χ3v) is 21.9. The van der Waals surface area contributed by atoms with Crippen molar-refractivity contribution in [2.45, 2.75) is 446 Å². The molecule has 4 atom stereocenters. The van der Waals surface area contributed by atoms with Crippen molar-refractivity contribution in [2.24, 2.45) is 23.7 Å². The minimum atomic E-state index is -1.43. The first-order valence-electron chi connectivity index (χ1n) is 44.5. The maximum atomic E-state index is 12.9. The molecule has 0 aromatic heterocycles. The molecule has 0 spiro atoms. The molecule has 4 unspecified atom stereocenters. The number of amides is 2. The van der Waals surface area contributed by atoms with Crippen LogP contribution in [0.15, 0.2) is 48.8 Å². The monoisotopic (exact) mass is 1490 g/mol. The van der Waals surface area contributed by atoms with E-state index in [0.29, 0.717) is 48.4 Å². The molecule has 13 nitrogen and oxygen atoms in total. The standard InChI is InChI=1S/C92H164N2O10.CH2O/c1-10-14-18-22-34-46-58-80(82(60-48-36-24-20-16-12-3)64-52-40-28-32-44-56-68-89(98)103-75-74-86(95)78(5)6)62-50-38-26-30-42-54-66-87(96)93-79(7)94-88(97)67-55-43-31-27-39-51-63-81(59-47-35-23-19-15-11-2)83(61-49-37-25-21-17-13-4)65-53-41-29-33-45-57-69-90(99)104-77-76-102-85-72-70-84(71-73-85)91(100)92(8,9)101;1-2/h70-73,80-83,101H,5,7,10-69,74-77H2,1-4,6,8-9H3,(H,93,96)(H,94,97);1H2. The number of nitrogens with one attached hydrogen (secondary N) is 2. The van der Waals surface area contributed by atoms with E-state index in [1.54, 1.807) is 31.2 Å². The van der Waals surface area contributed by atoms with Gasteiger partial charge in [-0.15, -0.1) is 0 Å². The van der Waals surface area contributed by atoms with E-state index >= 15 is 0 Å². The summed E-state index contributed by atoms with van der Waals surface area (Å²) in [5, 5.41) is 15.7. The predicted octanol–water partition coefficient (Wildman–Crippen LogP) is 26.1. The molecular formula is C93H166N2O11. The molecule has 0 saturated carbocycles. The summed E-state index contributed by atoms with van der Waals surface area (Å²) in [7, 11) is 0. The van der Waals surface area contributed by atoms with Crippen LogP contribution in [0.3, 0.4) is 0 Å². The summed E-state index contributed by atoms with van der Waals surface area (Å²) in [5.74, 6) is 3.22. The Morgan fingerprint density at radius 1 is 0.358 bits per heavy atom. The zero-order valence-corrected chi connectivity index (χ0v) is 70.0. The molecule has 0 heterocycles. The van der Waals surface area contributed by atoms with Gasteiger partial charge in [0.05, 0.1) is 6.61 Å². The number of aliphatic hydroxyl groups is 1. The molecule has 614 valence electrons. The highest BCUT2D eigenvalue weighted by Gasteiger charge is 2.26. The number of ether oxygens (including phenoxy) is 3. The third-order valence-electron chi connectivity index (χ3n) is 21.9. The van der Waals surface area contributed by atoms with Crippen molar-refractivity contribution in [1.29, 1.82) is 0 Å². The van der Waals surface area contributed by atoms with Crippen LogP contribution in [-0.4, -0.2) is 72.6 Å². The Hall–Kier alpha value is -4.65. The van der Waals surface area contributed by atoms with Crippen LogP contribution in [-0.2, 0) is 38.2 Å². The van der Waals surface area contributed by atoms with Crippen molar-refractivity contribution < 1.29 is 52.9 Å². The van der Waals surface area contributed by atoms with Crippen LogP contribution in [0.25, 0.3) is 0 Å². The fraction of sp³-hybridized carbons (Fsp3) is 0.817. The molecule has 106 heavy (non-hydrogen) atoms. The molecule has 3 N–H and O–H groups in total. The second-order valence-electron chi connectivity index (χ2n) is 32.1. The number of Topliss-reactive ketones (excluding diaryl/α,β-unsaturated/α-hetero) is 2. The van der Waals surface area contributed by atoms with Crippen LogP contribution in [0.5, 0.6) is 5.75 Å². The van der Waals surface area contributed by atoms with Gasteiger partial charge in [0.1, 0.15) is 37.2 Å². The number of benzene rings is 1. The summed E-state index contributed by atoms with van der Waals surface area (Å²) < 4.78 is 16.4. The van der Waals surface area contributed by atoms with Crippen molar-refractivity contribution in [3.8, 4) is 5.75 Å². The Morgan fingerprint density at radius 3 is 0.887 bits per heavy atom. The van der Waals surface area contributed by atoms with Gasteiger partial charge in [0.2, 0.25) is 11.8 Å². The lowest BCUT2D eigenvalue weighted by Crippen LogP contribution is -2.34. The first kappa shape index (κ1) is 101. The van der Waals surface area contributed by atoms with Crippen LogP contribution in [0.1, 0.15) is 450 Å². The van der Waals surface area contributed by atoms with Gasteiger partial charge in [-0.1, -0.05) is 375 Å². The van der Waals surface area contributed by atoms with Gasteiger partial charge in [0, 0.05) is 37.7 Å². The topological polar surface area (TPSA) is 191 Å². The van der Waals surface area contributed by atoms with E-state index in [1.165, 1.54) is 296 Å². The minimum absolute atomic E-state index is 0.0467. The maximum absolute atomic E-state index is 12.9. The first-order valence-corrected chi connectivity index (χ1v) is 44.5. The van der Waals surface area contributed by atoms with E-state index in [4.69, 9.17) is 19.0 Å². The van der Waals surface area contributed by atoms with Crippen LogP contribution in [0.4, 0.5) is 0 Å². The Balaban J connectivity index is 0.0000546. The number of carbonyl (C=O) groups is 7. The third kappa shape index (κ3) is 62.1. The minimum Gasteiger partial charge on any atom is -0.490 e. The van der Waals surface area contributed by atoms with Gasteiger partial charge >= 0.3 is 11.9 Å².